The molecule has 12 heteroatoms. The third kappa shape index (κ3) is 4.90. The van der Waals surface area contributed by atoms with Crippen molar-refractivity contribution in [3.8, 4) is 23.0 Å². The molecule has 0 aliphatic rings. The number of halogens is 5. The summed E-state index contributed by atoms with van der Waals surface area (Å²) in [4.78, 5) is 13.5. The molecule has 0 unspecified atom stereocenters. The summed E-state index contributed by atoms with van der Waals surface area (Å²) in [5.74, 6) is -3.31. The molecule has 0 saturated carbocycles. The van der Waals surface area contributed by atoms with E-state index in [1.54, 1.807) is 36.5 Å². The molecule has 4 aromatic rings. The molecule has 6 nitrogen and oxygen atoms in total. The predicted molar refractivity (Wildman–Crippen MR) is 112 cm³/mol. The van der Waals surface area contributed by atoms with Gasteiger partial charge in [0.05, 0.1) is 29.8 Å². The maximum Gasteiger partial charge on any atom is 0.455 e. The van der Waals surface area contributed by atoms with Crippen LogP contribution in [-0.2, 0) is 6.54 Å². The summed E-state index contributed by atoms with van der Waals surface area (Å²) in [6.07, 6.45) is -0.137. The van der Waals surface area contributed by atoms with Gasteiger partial charge in [-0.1, -0.05) is 13.0 Å². The van der Waals surface area contributed by atoms with Crippen LogP contribution < -0.4 is 4.74 Å². The van der Waals surface area contributed by atoms with Crippen molar-refractivity contribution in [1.82, 2.24) is 24.7 Å². The van der Waals surface area contributed by atoms with Crippen molar-refractivity contribution in [2.45, 2.75) is 30.5 Å². The molecule has 4 rings (SSSR count). The number of nitrogens with zero attached hydrogens (tertiary/aromatic N) is 5. The highest BCUT2D eigenvalue weighted by Gasteiger charge is 2.57. The van der Waals surface area contributed by atoms with Gasteiger partial charge in [0.15, 0.2) is 0 Å². The van der Waals surface area contributed by atoms with E-state index in [1.165, 1.54) is 30.4 Å². The smallest absolute Gasteiger partial charge is 0.437 e. The van der Waals surface area contributed by atoms with Crippen LogP contribution in [0.1, 0.15) is 6.92 Å². The summed E-state index contributed by atoms with van der Waals surface area (Å²) < 4.78 is 70.9. The van der Waals surface area contributed by atoms with Crippen LogP contribution in [0.15, 0.2) is 60.0 Å². The SMILES string of the molecule is CCSc1cc(Oc2ccccn2)cnc1-c1cc2cnn(CC(F)(F)C(F)(F)F)c2cn1. The third-order valence-corrected chi connectivity index (χ3v) is 5.43. The number of aromatic nitrogens is 5. The molecule has 0 atom stereocenters. The molecule has 4 aromatic heterocycles. The molecular formula is C21H16F5N5OS. The molecule has 0 N–H and O–H groups in total. The van der Waals surface area contributed by atoms with Gasteiger partial charge >= 0.3 is 12.1 Å². The van der Waals surface area contributed by atoms with E-state index in [4.69, 9.17) is 4.74 Å². The normalized spacial score (nSPS) is 12.3. The third-order valence-electron chi connectivity index (χ3n) is 4.52. The van der Waals surface area contributed by atoms with Crippen molar-refractivity contribution in [3.05, 3.63) is 55.1 Å². The van der Waals surface area contributed by atoms with Gasteiger partial charge in [-0.3, -0.25) is 9.67 Å². The van der Waals surface area contributed by atoms with Crippen molar-refractivity contribution >= 4 is 22.7 Å². The number of ether oxygens (including phenoxy) is 1. The summed E-state index contributed by atoms with van der Waals surface area (Å²) in [6, 6.07) is 8.59. The van der Waals surface area contributed by atoms with Gasteiger partial charge in [0.2, 0.25) is 5.88 Å². The van der Waals surface area contributed by atoms with Crippen LogP contribution in [0.2, 0.25) is 0 Å². The Bertz CT molecular complexity index is 1260. The molecular weight excluding hydrogens is 465 g/mol. The van der Waals surface area contributed by atoms with Gasteiger partial charge in [0.25, 0.3) is 0 Å². The minimum atomic E-state index is -5.67. The lowest BCUT2D eigenvalue weighted by Gasteiger charge is -2.19. The van der Waals surface area contributed by atoms with Gasteiger partial charge < -0.3 is 4.74 Å². The number of hydrogen-bond donors (Lipinski definition) is 0. The summed E-state index contributed by atoms with van der Waals surface area (Å²) >= 11 is 1.49. The lowest BCUT2D eigenvalue weighted by atomic mass is 10.2. The van der Waals surface area contributed by atoms with Crippen molar-refractivity contribution in [2.24, 2.45) is 0 Å². The first-order valence-electron chi connectivity index (χ1n) is 9.66. The fourth-order valence-electron chi connectivity index (χ4n) is 2.98. The topological polar surface area (TPSA) is 65.7 Å². The number of hydrogen-bond acceptors (Lipinski definition) is 6. The van der Waals surface area contributed by atoms with E-state index in [0.717, 1.165) is 10.6 Å². The monoisotopic (exact) mass is 481 g/mol. The highest BCUT2D eigenvalue weighted by atomic mass is 32.2. The molecule has 4 heterocycles. The van der Waals surface area contributed by atoms with E-state index < -0.39 is 18.6 Å². The second-order valence-electron chi connectivity index (χ2n) is 6.85. The van der Waals surface area contributed by atoms with Gasteiger partial charge in [-0.2, -0.15) is 27.1 Å². The first-order valence-corrected chi connectivity index (χ1v) is 10.6. The zero-order valence-corrected chi connectivity index (χ0v) is 17.9. The minimum Gasteiger partial charge on any atom is -0.437 e. The second-order valence-corrected chi connectivity index (χ2v) is 8.16. The Morgan fingerprint density at radius 2 is 1.82 bits per heavy atom. The molecule has 0 fully saturated rings. The number of alkyl halides is 5. The van der Waals surface area contributed by atoms with Gasteiger partial charge in [-0.25, -0.2) is 9.97 Å². The first kappa shape index (κ1) is 22.9. The number of thioether (sulfide) groups is 1. The van der Waals surface area contributed by atoms with Crippen LogP contribution in [0.25, 0.3) is 22.3 Å². The van der Waals surface area contributed by atoms with E-state index in [2.05, 4.69) is 20.1 Å². The zero-order chi connectivity index (χ0) is 23.6. The Kier molecular flexibility index (Phi) is 6.19. The molecule has 0 amide bonds. The molecule has 0 aliphatic heterocycles. The van der Waals surface area contributed by atoms with Crippen LogP contribution in [-0.4, -0.2) is 42.6 Å². The van der Waals surface area contributed by atoms with E-state index in [-0.39, 0.29) is 5.52 Å². The minimum absolute atomic E-state index is 0.0578. The highest BCUT2D eigenvalue weighted by molar-refractivity contribution is 7.99. The average molecular weight is 481 g/mol. The molecule has 33 heavy (non-hydrogen) atoms. The van der Waals surface area contributed by atoms with Crippen LogP contribution in [0.4, 0.5) is 22.0 Å². The number of pyridine rings is 3. The van der Waals surface area contributed by atoms with Crippen LogP contribution in [0, 0.1) is 0 Å². The summed E-state index contributed by atoms with van der Waals surface area (Å²) in [5.41, 5.74) is 0.998. The fourth-order valence-corrected chi connectivity index (χ4v) is 3.78. The van der Waals surface area contributed by atoms with Crippen LogP contribution in [0.3, 0.4) is 0 Å². The molecule has 0 bridgehead atoms. The quantitative estimate of drug-likeness (QED) is 0.239. The summed E-state index contributed by atoms with van der Waals surface area (Å²) in [5, 5.41) is 4.05. The maximum absolute atomic E-state index is 13.5. The first-order chi connectivity index (χ1) is 15.7. The molecule has 0 aromatic carbocycles. The van der Waals surface area contributed by atoms with E-state index in [9.17, 15) is 22.0 Å². The fraction of sp³-hybridized carbons (Fsp3) is 0.238. The largest absolute Gasteiger partial charge is 0.455 e. The van der Waals surface area contributed by atoms with Crippen molar-refractivity contribution in [1.29, 1.82) is 0 Å². The second kappa shape index (κ2) is 8.93. The predicted octanol–water partition coefficient (Wildman–Crippen LogP) is 5.99. The average Bonchev–Trinajstić information content (AvgIpc) is 3.15. The van der Waals surface area contributed by atoms with Gasteiger partial charge in [-0.05, 0) is 24.0 Å². The van der Waals surface area contributed by atoms with Crippen molar-refractivity contribution < 1.29 is 26.7 Å². The summed E-state index contributed by atoms with van der Waals surface area (Å²) in [7, 11) is 0. The molecule has 172 valence electrons. The highest BCUT2D eigenvalue weighted by Crippen LogP contribution is 2.38. The van der Waals surface area contributed by atoms with Gasteiger partial charge in [0, 0.05) is 22.5 Å². The zero-order valence-electron chi connectivity index (χ0n) is 17.1. The maximum atomic E-state index is 13.5. The standard InChI is InChI=1S/C21H16F5N5OS/c1-2-33-17-8-14(32-18-5-3-4-6-27-18)10-29-19(17)15-7-13-9-30-31(16(13)11-28-15)12-20(22,23)21(24,25)26/h3-11H,2,12H2,1H3. The Labute approximate surface area is 188 Å². The molecule has 0 spiro atoms. The lowest BCUT2D eigenvalue weighted by molar-refractivity contribution is -0.287. The Hall–Kier alpha value is -3.28. The Balaban J connectivity index is 1.65. The Morgan fingerprint density at radius 1 is 1.00 bits per heavy atom. The molecule has 0 saturated heterocycles. The number of fused-ring (bicyclic) bond motifs is 1. The van der Waals surface area contributed by atoms with E-state index in [1.807, 2.05) is 6.92 Å². The number of rotatable bonds is 7. The van der Waals surface area contributed by atoms with Crippen LogP contribution >= 0.6 is 11.8 Å². The molecule has 0 aliphatic carbocycles. The molecule has 0 radical (unpaired) electrons. The van der Waals surface area contributed by atoms with E-state index >= 15 is 0 Å². The summed E-state index contributed by atoms with van der Waals surface area (Å²) in [6.45, 7) is 0.331. The van der Waals surface area contributed by atoms with Gasteiger partial charge in [0.1, 0.15) is 18.0 Å². The van der Waals surface area contributed by atoms with Crippen molar-refractivity contribution in [3.63, 3.8) is 0 Å². The van der Waals surface area contributed by atoms with Gasteiger partial charge in [-0.15, -0.1) is 11.8 Å². The Morgan fingerprint density at radius 3 is 2.52 bits per heavy atom. The van der Waals surface area contributed by atoms with Crippen LogP contribution in [0.5, 0.6) is 11.6 Å². The van der Waals surface area contributed by atoms with Crippen molar-refractivity contribution in [2.75, 3.05) is 5.75 Å². The van der Waals surface area contributed by atoms with E-state index in [0.29, 0.717) is 33.1 Å². The lowest BCUT2D eigenvalue weighted by Crippen LogP contribution is -2.40.